The van der Waals surface area contributed by atoms with E-state index in [0.717, 1.165) is 28.0 Å². The summed E-state index contributed by atoms with van der Waals surface area (Å²) in [7, 11) is 0. The molecule has 4 nitrogen and oxygen atoms in total. The van der Waals surface area contributed by atoms with Crippen LogP contribution in [-0.2, 0) is 0 Å². The van der Waals surface area contributed by atoms with Gasteiger partial charge < -0.3 is 15.0 Å². The van der Waals surface area contributed by atoms with Gasteiger partial charge in [0.2, 0.25) is 0 Å². The van der Waals surface area contributed by atoms with Crippen LogP contribution < -0.4 is 10.1 Å². The minimum Gasteiger partial charge on any atom is -0.410 e. The van der Waals surface area contributed by atoms with Crippen molar-refractivity contribution in [3.05, 3.63) is 87.2 Å². The van der Waals surface area contributed by atoms with Gasteiger partial charge in [0, 0.05) is 21.6 Å². The molecule has 0 atom stereocenters. The number of halogens is 4. The van der Waals surface area contributed by atoms with Crippen molar-refractivity contribution in [2.75, 3.05) is 6.54 Å². The smallest absolute Gasteiger partial charge is 0.410 e. The van der Waals surface area contributed by atoms with E-state index >= 15 is 0 Å². The average Bonchev–Trinajstić information content (AvgIpc) is 3.14. The molecule has 34 heavy (non-hydrogen) atoms. The summed E-state index contributed by atoms with van der Waals surface area (Å²) >= 11 is 2.17. The lowest BCUT2D eigenvalue weighted by atomic mass is 9.70. The van der Waals surface area contributed by atoms with Crippen LogP contribution in [0.1, 0.15) is 24.3 Å². The molecule has 1 aliphatic rings. The van der Waals surface area contributed by atoms with E-state index in [1.54, 1.807) is 24.3 Å². The van der Waals surface area contributed by atoms with Crippen molar-refractivity contribution in [1.29, 1.82) is 0 Å². The molecule has 1 fully saturated rings. The maximum Gasteiger partial charge on any atom is 0.412 e. The van der Waals surface area contributed by atoms with Gasteiger partial charge >= 0.3 is 6.09 Å². The summed E-state index contributed by atoms with van der Waals surface area (Å²) < 4.78 is 48.3. The van der Waals surface area contributed by atoms with Gasteiger partial charge in [-0.3, -0.25) is 0 Å². The Kier molecular flexibility index (Phi) is 6.24. The second kappa shape index (κ2) is 9.32. The quantitative estimate of drug-likeness (QED) is 0.248. The highest BCUT2D eigenvalue weighted by atomic mass is 127. The van der Waals surface area contributed by atoms with Crippen LogP contribution in [0.3, 0.4) is 0 Å². The third-order valence-electron chi connectivity index (χ3n) is 6.20. The molecule has 0 radical (unpaired) electrons. The van der Waals surface area contributed by atoms with Crippen LogP contribution in [0.5, 0.6) is 5.75 Å². The summed E-state index contributed by atoms with van der Waals surface area (Å²) in [6, 6.07) is 15.3. The number of aromatic nitrogens is 1. The summed E-state index contributed by atoms with van der Waals surface area (Å²) in [5.41, 5.74) is 2.42. The number of rotatable bonds is 5. The molecule has 1 saturated carbocycles. The van der Waals surface area contributed by atoms with Crippen LogP contribution >= 0.6 is 22.6 Å². The van der Waals surface area contributed by atoms with Crippen LogP contribution in [0.15, 0.2) is 60.7 Å². The molecule has 0 saturated heterocycles. The number of hydrogen-bond donors (Lipinski definition) is 2. The van der Waals surface area contributed by atoms with Crippen LogP contribution in [-0.4, -0.2) is 17.6 Å². The van der Waals surface area contributed by atoms with Gasteiger partial charge in [0.05, 0.1) is 11.2 Å². The molecule has 0 bridgehead atoms. The van der Waals surface area contributed by atoms with Crippen LogP contribution in [0.25, 0.3) is 22.2 Å². The highest BCUT2D eigenvalue weighted by Gasteiger charge is 2.35. The third-order valence-corrected chi connectivity index (χ3v) is 6.92. The third kappa shape index (κ3) is 4.64. The van der Waals surface area contributed by atoms with Gasteiger partial charge in [0.25, 0.3) is 0 Å². The molecule has 8 heteroatoms. The van der Waals surface area contributed by atoms with Crippen LogP contribution in [0.4, 0.5) is 18.0 Å². The molecule has 0 unspecified atom stereocenters. The Morgan fingerprint density at radius 2 is 1.71 bits per heavy atom. The molecule has 1 aromatic heterocycles. The van der Waals surface area contributed by atoms with Crippen LogP contribution in [0, 0.1) is 26.9 Å². The Hall–Kier alpha value is -3.01. The monoisotopic (exact) mass is 576 g/mol. The molecule has 5 rings (SSSR count). The van der Waals surface area contributed by atoms with Gasteiger partial charge in [-0.1, -0.05) is 0 Å². The van der Waals surface area contributed by atoms with Gasteiger partial charge in [-0.2, -0.15) is 0 Å². The number of carbonyl (C=O) groups is 1. The molecule has 4 aromatic rings. The Balaban J connectivity index is 1.31. The number of amides is 1. The van der Waals surface area contributed by atoms with Crippen molar-refractivity contribution in [1.82, 2.24) is 10.3 Å². The zero-order valence-corrected chi connectivity index (χ0v) is 20.0. The maximum atomic E-state index is 14.5. The van der Waals surface area contributed by atoms with E-state index in [1.165, 1.54) is 18.2 Å². The molecule has 2 N–H and O–H groups in total. The molecular weight excluding hydrogens is 556 g/mol. The Bertz CT molecular complexity index is 1350. The summed E-state index contributed by atoms with van der Waals surface area (Å²) in [4.78, 5) is 15.2. The SMILES string of the molecule is O=C(NC[C@H]1C[C@H](c2c(-c3ccc(F)cc3)[nH]c3c(F)cc(F)cc32)C1)Oc1ccc(I)cc1. The molecule has 1 aliphatic carbocycles. The minimum absolute atomic E-state index is 0.0500. The van der Waals surface area contributed by atoms with Crippen molar-refractivity contribution in [3.8, 4) is 17.0 Å². The van der Waals surface area contributed by atoms with E-state index in [4.69, 9.17) is 4.74 Å². The van der Waals surface area contributed by atoms with Crippen molar-refractivity contribution in [2.24, 2.45) is 5.92 Å². The highest BCUT2D eigenvalue weighted by Crippen LogP contribution is 2.48. The average molecular weight is 576 g/mol. The molecule has 1 amide bonds. The summed E-state index contributed by atoms with van der Waals surface area (Å²) in [6.45, 7) is 0.441. The summed E-state index contributed by atoms with van der Waals surface area (Å²) in [5, 5.41) is 3.28. The topological polar surface area (TPSA) is 54.1 Å². The zero-order valence-electron chi connectivity index (χ0n) is 17.9. The Morgan fingerprint density at radius 1 is 1.00 bits per heavy atom. The predicted octanol–water partition coefficient (Wildman–Crippen LogP) is 7.14. The number of nitrogens with one attached hydrogen (secondary N) is 2. The van der Waals surface area contributed by atoms with E-state index in [-0.39, 0.29) is 23.2 Å². The minimum atomic E-state index is -0.666. The second-order valence-corrected chi connectivity index (χ2v) is 9.74. The first-order valence-electron chi connectivity index (χ1n) is 10.8. The standard InChI is InChI=1S/C26H20F3IN2O2/c27-17-3-1-15(2-4-17)24-23(21-11-18(28)12-22(29)25(21)32-24)16-9-14(10-16)13-31-26(33)34-20-7-5-19(30)6-8-20/h1-8,11-12,14,16,32H,9-10,13H2,(H,31,33)/t14-,16-. The van der Waals surface area contributed by atoms with Gasteiger partial charge in [0.1, 0.15) is 23.2 Å². The second-order valence-electron chi connectivity index (χ2n) is 8.49. The number of benzene rings is 3. The fourth-order valence-corrected chi connectivity index (χ4v) is 4.88. The predicted molar refractivity (Wildman–Crippen MR) is 132 cm³/mol. The lowest BCUT2D eigenvalue weighted by Crippen LogP contribution is -2.36. The van der Waals surface area contributed by atoms with Crippen molar-refractivity contribution < 1.29 is 22.7 Å². The fourth-order valence-electron chi connectivity index (χ4n) is 4.52. The first-order valence-corrected chi connectivity index (χ1v) is 11.9. The van der Waals surface area contributed by atoms with E-state index in [0.29, 0.717) is 28.9 Å². The van der Waals surface area contributed by atoms with Crippen LogP contribution in [0.2, 0.25) is 0 Å². The molecular formula is C26H20F3IN2O2. The molecule has 0 aliphatic heterocycles. The van der Waals surface area contributed by atoms with E-state index in [2.05, 4.69) is 32.9 Å². The molecule has 1 heterocycles. The first kappa shape index (κ1) is 22.8. The zero-order chi connectivity index (χ0) is 23.8. The van der Waals surface area contributed by atoms with E-state index in [9.17, 15) is 18.0 Å². The number of carbonyl (C=O) groups excluding carboxylic acids is 1. The van der Waals surface area contributed by atoms with Crippen molar-refractivity contribution in [2.45, 2.75) is 18.8 Å². The number of aromatic amines is 1. The summed E-state index contributed by atoms with van der Waals surface area (Å²) in [6.07, 6.45) is 0.958. The number of H-pyrrole nitrogens is 1. The maximum absolute atomic E-state index is 14.5. The van der Waals surface area contributed by atoms with Gasteiger partial charge in [0.15, 0.2) is 0 Å². The summed E-state index contributed by atoms with van der Waals surface area (Å²) in [5.74, 6) is -0.957. The normalized spacial score (nSPS) is 17.4. The number of fused-ring (bicyclic) bond motifs is 1. The van der Waals surface area contributed by atoms with Crippen molar-refractivity contribution >= 4 is 39.6 Å². The van der Waals surface area contributed by atoms with Crippen molar-refractivity contribution in [3.63, 3.8) is 0 Å². The Labute approximate surface area is 207 Å². The molecule has 174 valence electrons. The molecule has 0 spiro atoms. The lowest BCUT2D eigenvalue weighted by Gasteiger charge is -2.36. The molecule has 3 aromatic carbocycles. The lowest BCUT2D eigenvalue weighted by molar-refractivity contribution is 0.190. The first-order chi connectivity index (χ1) is 16.4. The van der Waals surface area contributed by atoms with E-state index in [1.807, 2.05) is 12.1 Å². The van der Waals surface area contributed by atoms with Gasteiger partial charge in [-0.05, 0) is 113 Å². The van der Waals surface area contributed by atoms with E-state index < -0.39 is 17.7 Å². The Morgan fingerprint density at radius 3 is 2.41 bits per heavy atom. The highest BCUT2D eigenvalue weighted by molar-refractivity contribution is 14.1. The fraction of sp³-hybridized carbons (Fsp3) is 0.192. The van der Waals surface area contributed by atoms with Gasteiger partial charge in [-0.15, -0.1) is 0 Å². The van der Waals surface area contributed by atoms with Gasteiger partial charge in [-0.25, -0.2) is 18.0 Å². The largest absolute Gasteiger partial charge is 0.412 e. The number of hydrogen-bond acceptors (Lipinski definition) is 2. The number of ether oxygens (including phenoxy) is 1.